The zero-order valence-corrected chi connectivity index (χ0v) is 17.7. The number of methoxy groups -OCH3 is 4. The second-order valence-corrected chi connectivity index (χ2v) is 6.94. The normalized spacial score (nSPS) is 18.4. The van der Waals surface area contributed by atoms with Gasteiger partial charge in [0.2, 0.25) is 11.4 Å². The van der Waals surface area contributed by atoms with Crippen molar-refractivity contribution in [3.63, 3.8) is 0 Å². The van der Waals surface area contributed by atoms with E-state index < -0.39 is 11.6 Å². The number of esters is 1. The molecule has 0 fully saturated rings. The first kappa shape index (κ1) is 20.2. The highest BCUT2D eigenvalue weighted by Crippen LogP contribution is 2.49. The van der Waals surface area contributed by atoms with E-state index in [1.54, 1.807) is 12.1 Å². The molecule has 28 heavy (non-hydrogen) atoms. The van der Waals surface area contributed by atoms with E-state index in [1.807, 2.05) is 30.3 Å². The molecular weight excluding hydrogens is 428 g/mol. The summed E-state index contributed by atoms with van der Waals surface area (Å²) in [6.07, 6.45) is 1.88. The molecule has 2 aromatic carbocycles. The first-order valence-electron chi connectivity index (χ1n) is 8.51. The summed E-state index contributed by atoms with van der Waals surface area (Å²) >= 11 is 3.43. The van der Waals surface area contributed by atoms with Crippen LogP contribution in [0.5, 0.6) is 17.2 Å². The lowest BCUT2D eigenvalue weighted by molar-refractivity contribution is -0.160. The minimum absolute atomic E-state index is 0.261. The van der Waals surface area contributed by atoms with Crippen LogP contribution in [0, 0.1) is 0 Å². The monoisotopic (exact) mass is 448 g/mol. The molecule has 0 aromatic heterocycles. The molecule has 1 heterocycles. The Kier molecular flexibility index (Phi) is 5.96. The molecule has 7 heteroatoms. The van der Waals surface area contributed by atoms with Gasteiger partial charge in [-0.05, 0) is 29.8 Å². The number of carbonyl (C=O) groups excluding carboxylic acids is 1. The van der Waals surface area contributed by atoms with Crippen LogP contribution in [0.15, 0.2) is 46.9 Å². The van der Waals surface area contributed by atoms with E-state index in [2.05, 4.69) is 15.9 Å². The molecule has 148 valence electrons. The second-order valence-electron chi connectivity index (χ2n) is 6.02. The second kappa shape index (κ2) is 8.24. The third-order valence-corrected chi connectivity index (χ3v) is 5.19. The number of carbonyl (C=O) groups is 1. The minimum Gasteiger partial charge on any atom is -0.493 e. The maximum absolute atomic E-state index is 13.0. The lowest BCUT2D eigenvalue weighted by atomic mass is 9.82. The Hall–Kier alpha value is -2.51. The molecule has 0 amide bonds. The van der Waals surface area contributed by atoms with Gasteiger partial charge >= 0.3 is 5.97 Å². The Balaban J connectivity index is 2.25. The van der Waals surface area contributed by atoms with Crippen molar-refractivity contribution in [2.75, 3.05) is 35.0 Å². The summed E-state index contributed by atoms with van der Waals surface area (Å²) in [5.74, 6) is 0.742. The molecule has 0 bridgehead atoms. The fraction of sp³-hybridized carbons (Fsp3) is 0.286. The van der Waals surface area contributed by atoms with Crippen molar-refractivity contribution >= 4 is 27.5 Å². The highest BCUT2D eigenvalue weighted by atomic mass is 79.9. The maximum Gasteiger partial charge on any atom is 0.347 e. The lowest BCUT2D eigenvalue weighted by Gasteiger charge is -2.30. The van der Waals surface area contributed by atoms with E-state index in [-0.39, 0.29) is 6.61 Å². The van der Waals surface area contributed by atoms with Crippen LogP contribution in [0.3, 0.4) is 0 Å². The summed E-state index contributed by atoms with van der Waals surface area (Å²) < 4.78 is 28.4. The standard InChI is InChI=1S/C21H21BrO6/c1-24-17-11-14(12-18(25-2)19(17)26-3)21(20(23)27-4)16(9-10-28-21)13-5-7-15(22)8-6-13/h5-9,11-12H,10H2,1-4H3. The molecule has 0 spiro atoms. The average molecular weight is 449 g/mol. The van der Waals surface area contributed by atoms with Gasteiger partial charge in [0.05, 0.1) is 35.0 Å². The van der Waals surface area contributed by atoms with Crippen LogP contribution < -0.4 is 14.2 Å². The molecule has 0 radical (unpaired) electrons. The number of ether oxygens (including phenoxy) is 5. The fourth-order valence-corrected chi connectivity index (χ4v) is 3.64. The third-order valence-electron chi connectivity index (χ3n) is 4.67. The van der Waals surface area contributed by atoms with Gasteiger partial charge in [-0.25, -0.2) is 4.79 Å². The van der Waals surface area contributed by atoms with Gasteiger partial charge in [0.1, 0.15) is 0 Å². The zero-order valence-electron chi connectivity index (χ0n) is 16.1. The van der Waals surface area contributed by atoms with Crippen LogP contribution >= 0.6 is 15.9 Å². The quantitative estimate of drug-likeness (QED) is 0.623. The smallest absolute Gasteiger partial charge is 0.347 e. The number of benzene rings is 2. The third kappa shape index (κ3) is 3.25. The average Bonchev–Trinajstić information content (AvgIpc) is 3.18. The maximum atomic E-state index is 13.0. The van der Waals surface area contributed by atoms with Crippen molar-refractivity contribution in [2.24, 2.45) is 0 Å². The number of hydrogen-bond acceptors (Lipinski definition) is 6. The summed E-state index contributed by atoms with van der Waals surface area (Å²) in [5, 5.41) is 0. The van der Waals surface area contributed by atoms with Crippen molar-refractivity contribution in [1.82, 2.24) is 0 Å². The van der Waals surface area contributed by atoms with Crippen LogP contribution in [0.25, 0.3) is 5.57 Å². The molecule has 0 saturated carbocycles. The van der Waals surface area contributed by atoms with E-state index in [9.17, 15) is 4.79 Å². The molecule has 3 rings (SSSR count). The largest absolute Gasteiger partial charge is 0.493 e. The predicted octanol–water partition coefficient (Wildman–Crippen LogP) is 3.96. The van der Waals surface area contributed by atoms with Crippen LogP contribution in [0.2, 0.25) is 0 Å². The minimum atomic E-state index is -1.45. The molecule has 1 atom stereocenters. The van der Waals surface area contributed by atoms with Gasteiger partial charge in [-0.1, -0.05) is 34.1 Å². The molecule has 1 unspecified atom stereocenters. The predicted molar refractivity (Wildman–Crippen MR) is 108 cm³/mol. The Labute approximate surface area is 172 Å². The van der Waals surface area contributed by atoms with E-state index >= 15 is 0 Å². The van der Waals surface area contributed by atoms with Gasteiger partial charge in [0, 0.05) is 15.6 Å². The SMILES string of the molecule is COC(=O)C1(c2cc(OC)c(OC)c(OC)c2)OCC=C1c1ccc(Br)cc1. The molecule has 0 N–H and O–H groups in total. The highest BCUT2D eigenvalue weighted by Gasteiger charge is 2.50. The van der Waals surface area contributed by atoms with Crippen LogP contribution in [0.1, 0.15) is 11.1 Å². The van der Waals surface area contributed by atoms with E-state index in [0.717, 1.165) is 10.0 Å². The highest BCUT2D eigenvalue weighted by molar-refractivity contribution is 9.10. The van der Waals surface area contributed by atoms with E-state index in [1.165, 1.54) is 28.4 Å². The van der Waals surface area contributed by atoms with Gasteiger partial charge in [-0.3, -0.25) is 0 Å². The van der Waals surface area contributed by atoms with Gasteiger partial charge in [0.15, 0.2) is 11.5 Å². The Morgan fingerprint density at radius 1 is 1.00 bits per heavy atom. The lowest BCUT2D eigenvalue weighted by Crippen LogP contribution is -2.38. The molecule has 1 aliphatic heterocycles. The molecule has 0 saturated heterocycles. The van der Waals surface area contributed by atoms with E-state index in [0.29, 0.717) is 28.4 Å². The summed E-state index contributed by atoms with van der Waals surface area (Å²) in [4.78, 5) is 13.0. The van der Waals surface area contributed by atoms with Crippen LogP contribution in [0.4, 0.5) is 0 Å². The summed E-state index contributed by atoms with van der Waals surface area (Å²) in [6.45, 7) is 0.261. The van der Waals surface area contributed by atoms with Crippen molar-refractivity contribution in [3.05, 3.63) is 58.1 Å². The number of hydrogen-bond donors (Lipinski definition) is 0. The van der Waals surface area contributed by atoms with Gasteiger partial charge in [-0.15, -0.1) is 0 Å². The summed E-state index contributed by atoms with van der Waals surface area (Å²) in [6, 6.07) is 11.1. The summed E-state index contributed by atoms with van der Waals surface area (Å²) in [7, 11) is 5.90. The first-order valence-corrected chi connectivity index (χ1v) is 9.30. The Morgan fingerprint density at radius 3 is 2.11 bits per heavy atom. The summed E-state index contributed by atoms with van der Waals surface area (Å²) in [5.41, 5.74) is 0.622. The van der Waals surface area contributed by atoms with Gasteiger partial charge in [0.25, 0.3) is 0 Å². The van der Waals surface area contributed by atoms with Crippen molar-refractivity contribution in [3.8, 4) is 17.2 Å². The van der Waals surface area contributed by atoms with Crippen molar-refractivity contribution < 1.29 is 28.5 Å². The Morgan fingerprint density at radius 2 is 1.61 bits per heavy atom. The van der Waals surface area contributed by atoms with Crippen molar-refractivity contribution in [1.29, 1.82) is 0 Å². The zero-order chi connectivity index (χ0) is 20.3. The van der Waals surface area contributed by atoms with Crippen LogP contribution in [-0.2, 0) is 19.9 Å². The molecule has 2 aromatic rings. The fourth-order valence-electron chi connectivity index (χ4n) is 3.38. The molecular formula is C21H21BrO6. The van der Waals surface area contributed by atoms with Gasteiger partial charge in [-0.2, -0.15) is 0 Å². The topological polar surface area (TPSA) is 63.2 Å². The van der Waals surface area contributed by atoms with Gasteiger partial charge < -0.3 is 23.7 Å². The molecule has 6 nitrogen and oxygen atoms in total. The van der Waals surface area contributed by atoms with Crippen LogP contribution in [-0.4, -0.2) is 41.0 Å². The Bertz CT molecular complexity index is 881. The molecule has 0 aliphatic carbocycles. The first-order chi connectivity index (χ1) is 13.5. The number of halogens is 1. The molecule has 1 aliphatic rings. The number of rotatable bonds is 6. The van der Waals surface area contributed by atoms with Crippen molar-refractivity contribution in [2.45, 2.75) is 5.60 Å². The van der Waals surface area contributed by atoms with E-state index in [4.69, 9.17) is 23.7 Å².